The molecule has 6 nitrogen and oxygen atoms in total. The molecule has 7 heteroatoms. The van der Waals surface area contributed by atoms with Gasteiger partial charge < -0.3 is 9.68 Å². The average Bonchev–Trinajstić information content (AvgIpc) is 3.14. The lowest BCUT2D eigenvalue weighted by molar-refractivity contribution is -0.154. The van der Waals surface area contributed by atoms with Crippen molar-refractivity contribution in [2.45, 2.75) is 44.6 Å². The molecule has 2 heterocycles. The van der Waals surface area contributed by atoms with Crippen LogP contribution < -0.4 is 5.32 Å². The first-order valence-corrected chi connectivity index (χ1v) is 10.7. The molecule has 2 aliphatic heterocycles. The van der Waals surface area contributed by atoms with Crippen LogP contribution in [0.1, 0.15) is 50.2 Å². The van der Waals surface area contributed by atoms with Gasteiger partial charge in [-0.2, -0.15) is 0 Å². The van der Waals surface area contributed by atoms with E-state index in [-0.39, 0.29) is 5.60 Å². The Morgan fingerprint density at radius 2 is 1.80 bits per heavy atom. The lowest BCUT2D eigenvalue weighted by atomic mass is 9.86. The van der Waals surface area contributed by atoms with Crippen LogP contribution in [0.15, 0.2) is 53.7 Å². The molecule has 2 aromatic carbocycles. The van der Waals surface area contributed by atoms with Crippen LogP contribution in [0.4, 0.5) is 10.5 Å². The van der Waals surface area contributed by atoms with Gasteiger partial charge in [0.1, 0.15) is 5.60 Å². The standard InChI is InChI=1S/C23H26ClN3O3/c1-16(2)17-5-9-20(10-6-17)25-22(28)29-27-13-11-23(12-14-27)15-21(26-30-23)18-3-7-19(24)8-4-18/h3-10,16H,11-15H2,1-2H3,(H,25,28). The number of amides is 1. The third kappa shape index (κ3) is 4.77. The Hall–Kier alpha value is -2.57. The minimum absolute atomic E-state index is 0.321. The summed E-state index contributed by atoms with van der Waals surface area (Å²) in [6, 6.07) is 15.4. The molecule has 1 N–H and O–H groups in total. The highest BCUT2D eigenvalue weighted by Gasteiger charge is 2.43. The zero-order valence-electron chi connectivity index (χ0n) is 17.2. The lowest BCUT2D eigenvalue weighted by Crippen LogP contribution is -2.45. The number of halogens is 1. The van der Waals surface area contributed by atoms with Crippen molar-refractivity contribution in [1.29, 1.82) is 0 Å². The maximum atomic E-state index is 12.2. The van der Waals surface area contributed by atoms with Crippen molar-refractivity contribution in [2.24, 2.45) is 5.16 Å². The van der Waals surface area contributed by atoms with Crippen molar-refractivity contribution >= 4 is 29.1 Å². The predicted octanol–water partition coefficient (Wildman–Crippen LogP) is 5.59. The third-order valence-electron chi connectivity index (χ3n) is 5.69. The highest BCUT2D eigenvalue weighted by molar-refractivity contribution is 6.30. The second-order valence-corrected chi connectivity index (χ2v) is 8.64. The summed E-state index contributed by atoms with van der Waals surface area (Å²) in [5.74, 6) is 0.452. The van der Waals surface area contributed by atoms with Crippen LogP contribution in [-0.4, -0.2) is 35.6 Å². The number of carbonyl (C=O) groups is 1. The summed E-state index contributed by atoms with van der Waals surface area (Å²) in [6.45, 7) is 5.47. The number of benzene rings is 2. The van der Waals surface area contributed by atoms with Crippen LogP contribution in [0.5, 0.6) is 0 Å². The zero-order chi connectivity index (χ0) is 21.1. The van der Waals surface area contributed by atoms with Crippen LogP contribution in [0, 0.1) is 0 Å². The van der Waals surface area contributed by atoms with Crippen LogP contribution in [0.2, 0.25) is 5.02 Å². The van der Waals surface area contributed by atoms with Crippen LogP contribution in [-0.2, 0) is 9.68 Å². The van der Waals surface area contributed by atoms with Crippen molar-refractivity contribution in [1.82, 2.24) is 5.06 Å². The Bertz CT molecular complexity index is 918. The SMILES string of the molecule is CC(C)c1ccc(NC(=O)ON2CCC3(CC2)CC(c2ccc(Cl)cc2)=NO3)cc1. The summed E-state index contributed by atoms with van der Waals surface area (Å²) in [7, 11) is 0. The van der Waals surface area contributed by atoms with Crippen LogP contribution in [0.3, 0.4) is 0 Å². The molecule has 0 bridgehead atoms. The van der Waals surface area contributed by atoms with Gasteiger partial charge in [0.15, 0.2) is 0 Å². The molecule has 1 amide bonds. The molecule has 30 heavy (non-hydrogen) atoms. The molecule has 0 aliphatic carbocycles. The molecular formula is C23H26ClN3O3. The van der Waals surface area contributed by atoms with Gasteiger partial charge in [-0.05, 0) is 41.3 Å². The summed E-state index contributed by atoms with van der Waals surface area (Å²) >= 11 is 5.97. The first-order chi connectivity index (χ1) is 14.4. The lowest BCUT2D eigenvalue weighted by Gasteiger charge is -2.35. The molecule has 0 atom stereocenters. The number of hydrogen-bond acceptors (Lipinski definition) is 5. The van der Waals surface area contributed by atoms with E-state index in [1.54, 1.807) is 5.06 Å². The van der Waals surface area contributed by atoms with E-state index in [2.05, 4.69) is 24.3 Å². The van der Waals surface area contributed by atoms with Gasteiger partial charge in [0.25, 0.3) is 0 Å². The minimum atomic E-state index is -0.478. The summed E-state index contributed by atoms with van der Waals surface area (Å²) in [6.07, 6.45) is 1.75. The van der Waals surface area contributed by atoms with Crippen molar-refractivity contribution in [3.8, 4) is 0 Å². The molecule has 1 saturated heterocycles. The Labute approximate surface area is 181 Å². The van der Waals surface area contributed by atoms with Gasteiger partial charge in [-0.3, -0.25) is 5.32 Å². The van der Waals surface area contributed by atoms with E-state index < -0.39 is 6.09 Å². The normalized spacial score (nSPS) is 18.2. The summed E-state index contributed by atoms with van der Waals surface area (Å²) in [5.41, 5.74) is 3.59. The zero-order valence-corrected chi connectivity index (χ0v) is 18.0. The molecule has 1 spiro atoms. The fourth-order valence-corrected chi connectivity index (χ4v) is 3.91. The van der Waals surface area contributed by atoms with E-state index >= 15 is 0 Å². The van der Waals surface area contributed by atoms with Crippen molar-refractivity contribution in [2.75, 3.05) is 18.4 Å². The molecule has 1 fully saturated rings. The van der Waals surface area contributed by atoms with Gasteiger partial charge in [-0.25, -0.2) is 4.79 Å². The predicted molar refractivity (Wildman–Crippen MR) is 118 cm³/mol. The minimum Gasteiger partial charge on any atom is -0.388 e. The van der Waals surface area contributed by atoms with Crippen LogP contribution >= 0.6 is 11.6 Å². The van der Waals surface area contributed by atoms with Gasteiger partial charge in [-0.15, -0.1) is 5.06 Å². The maximum absolute atomic E-state index is 12.2. The van der Waals surface area contributed by atoms with Crippen molar-refractivity contribution in [3.63, 3.8) is 0 Å². The molecule has 0 radical (unpaired) electrons. The fraction of sp³-hybridized carbons (Fsp3) is 0.391. The van der Waals surface area contributed by atoms with Gasteiger partial charge in [0.2, 0.25) is 0 Å². The average molecular weight is 428 g/mol. The second kappa shape index (κ2) is 8.66. The largest absolute Gasteiger partial charge is 0.430 e. The molecule has 158 valence electrons. The van der Waals surface area contributed by atoms with E-state index in [0.29, 0.717) is 24.0 Å². The first kappa shape index (κ1) is 20.7. The molecule has 0 unspecified atom stereocenters. The number of anilines is 1. The van der Waals surface area contributed by atoms with Gasteiger partial charge in [0.05, 0.1) is 5.71 Å². The van der Waals surface area contributed by atoms with E-state index in [9.17, 15) is 4.79 Å². The molecule has 2 aromatic rings. The number of carbonyl (C=O) groups excluding carboxylic acids is 1. The molecule has 0 aromatic heterocycles. The molecule has 0 saturated carbocycles. The summed E-state index contributed by atoms with van der Waals surface area (Å²) in [4.78, 5) is 23.5. The number of hydrogen-bond donors (Lipinski definition) is 1. The fourth-order valence-electron chi connectivity index (χ4n) is 3.78. The van der Waals surface area contributed by atoms with Crippen molar-refractivity contribution < 1.29 is 14.5 Å². The maximum Gasteiger partial charge on any atom is 0.430 e. The number of piperidine rings is 1. The highest BCUT2D eigenvalue weighted by atomic mass is 35.5. The third-order valence-corrected chi connectivity index (χ3v) is 5.94. The van der Waals surface area contributed by atoms with Crippen LogP contribution in [0.25, 0.3) is 0 Å². The van der Waals surface area contributed by atoms with E-state index in [1.807, 2.05) is 48.5 Å². The van der Waals surface area contributed by atoms with E-state index in [0.717, 1.165) is 36.2 Å². The van der Waals surface area contributed by atoms with E-state index in [1.165, 1.54) is 5.56 Å². The Balaban J connectivity index is 1.26. The first-order valence-electron chi connectivity index (χ1n) is 10.3. The highest BCUT2D eigenvalue weighted by Crippen LogP contribution is 2.36. The molecular weight excluding hydrogens is 402 g/mol. The number of oxime groups is 1. The Kier molecular flexibility index (Phi) is 5.97. The number of hydroxylamine groups is 2. The number of nitrogens with one attached hydrogen (secondary N) is 1. The monoisotopic (exact) mass is 427 g/mol. The number of rotatable bonds is 4. The van der Waals surface area contributed by atoms with Gasteiger partial charge >= 0.3 is 6.09 Å². The van der Waals surface area contributed by atoms with Crippen molar-refractivity contribution in [3.05, 3.63) is 64.7 Å². The van der Waals surface area contributed by atoms with Gasteiger partial charge in [-0.1, -0.05) is 54.9 Å². The summed E-state index contributed by atoms with van der Waals surface area (Å²) < 4.78 is 0. The smallest absolute Gasteiger partial charge is 0.388 e. The molecule has 4 rings (SSSR count). The Morgan fingerprint density at radius 1 is 1.13 bits per heavy atom. The topological polar surface area (TPSA) is 63.2 Å². The number of nitrogens with zero attached hydrogens (tertiary/aromatic N) is 2. The van der Waals surface area contributed by atoms with Gasteiger partial charge in [0, 0.05) is 43.1 Å². The Morgan fingerprint density at radius 3 is 2.43 bits per heavy atom. The summed E-state index contributed by atoms with van der Waals surface area (Å²) in [5, 5.41) is 9.48. The van der Waals surface area contributed by atoms with E-state index in [4.69, 9.17) is 21.3 Å². The second-order valence-electron chi connectivity index (χ2n) is 8.21. The quantitative estimate of drug-likeness (QED) is 0.691. The molecule has 2 aliphatic rings.